The average molecular weight is 204 g/mol. The highest BCUT2D eigenvalue weighted by molar-refractivity contribution is 5.24. The first-order valence-electron chi connectivity index (χ1n) is 6.08. The van der Waals surface area contributed by atoms with E-state index >= 15 is 0 Å². The molecule has 1 unspecified atom stereocenters. The molecule has 1 N–H and O–H groups in total. The lowest BCUT2D eigenvalue weighted by atomic mass is 9.94. The Hall–Kier alpha value is -0.820. The van der Waals surface area contributed by atoms with Crippen LogP contribution < -0.4 is 0 Å². The van der Waals surface area contributed by atoms with E-state index in [0.717, 1.165) is 12.0 Å². The van der Waals surface area contributed by atoms with Gasteiger partial charge in [0.05, 0.1) is 6.10 Å². The first-order chi connectivity index (χ1) is 7.31. The molecule has 1 fully saturated rings. The SMILES string of the molecule is CCc1ccc(C(O)C2CCCC2)cc1. The Balaban J connectivity index is 2.07. The van der Waals surface area contributed by atoms with Gasteiger partial charge in [-0.1, -0.05) is 44.0 Å². The maximum atomic E-state index is 10.2. The molecule has 1 heteroatoms. The lowest BCUT2D eigenvalue weighted by Gasteiger charge is -2.18. The van der Waals surface area contributed by atoms with Crippen molar-refractivity contribution < 1.29 is 5.11 Å². The molecule has 0 spiro atoms. The van der Waals surface area contributed by atoms with Crippen LogP contribution in [-0.4, -0.2) is 5.11 Å². The van der Waals surface area contributed by atoms with Crippen LogP contribution in [0, 0.1) is 5.92 Å². The number of hydrogen-bond acceptors (Lipinski definition) is 1. The normalized spacial score (nSPS) is 19.3. The Kier molecular flexibility index (Phi) is 3.42. The smallest absolute Gasteiger partial charge is 0.0818 e. The number of aryl methyl sites for hydroxylation is 1. The zero-order chi connectivity index (χ0) is 10.7. The molecule has 15 heavy (non-hydrogen) atoms. The second kappa shape index (κ2) is 4.80. The molecule has 0 bridgehead atoms. The van der Waals surface area contributed by atoms with Crippen molar-refractivity contribution in [2.45, 2.75) is 45.1 Å². The van der Waals surface area contributed by atoms with Crippen LogP contribution in [0.4, 0.5) is 0 Å². The Labute approximate surface area is 92.1 Å². The third-order valence-corrected chi connectivity index (χ3v) is 3.58. The number of aliphatic hydroxyl groups excluding tert-OH is 1. The van der Waals surface area contributed by atoms with Gasteiger partial charge in [0.1, 0.15) is 0 Å². The van der Waals surface area contributed by atoms with Gasteiger partial charge in [-0.3, -0.25) is 0 Å². The first kappa shape index (κ1) is 10.7. The topological polar surface area (TPSA) is 20.2 Å². The fraction of sp³-hybridized carbons (Fsp3) is 0.571. The minimum absolute atomic E-state index is 0.238. The largest absolute Gasteiger partial charge is 0.388 e. The van der Waals surface area contributed by atoms with Crippen LogP contribution in [0.25, 0.3) is 0 Å². The molecule has 2 rings (SSSR count). The van der Waals surface area contributed by atoms with Crippen molar-refractivity contribution in [2.24, 2.45) is 5.92 Å². The highest BCUT2D eigenvalue weighted by Crippen LogP contribution is 2.35. The summed E-state index contributed by atoms with van der Waals surface area (Å²) in [5, 5.41) is 10.2. The third-order valence-electron chi connectivity index (χ3n) is 3.58. The molecule has 0 radical (unpaired) electrons. The summed E-state index contributed by atoms with van der Waals surface area (Å²) in [7, 11) is 0. The van der Waals surface area contributed by atoms with E-state index in [-0.39, 0.29) is 6.10 Å². The van der Waals surface area contributed by atoms with E-state index in [0.29, 0.717) is 5.92 Å². The number of rotatable bonds is 3. The fourth-order valence-electron chi connectivity index (χ4n) is 2.50. The Bertz CT molecular complexity index is 296. The molecule has 82 valence electrons. The zero-order valence-electron chi connectivity index (χ0n) is 9.45. The molecule has 1 atom stereocenters. The molecule has 1 saturated carbocycles. The van der Waals surface area contributed by atoms with Crippen LogP contribution in [0.15, 0.2) is 24.3 Å². The molecule has 1 nitrogen and oxygen atoms in total. The molecule has 0 saturated heterocycles. The highest BCUT2D eigenvalue weighted by atomic mass is 16.3. The fourth-order valence-corrected chi connectivity index (χ4v) is 2.50. The van der Waals surface area contributed by atoms with Gasteiger partial charge >= 0.3 is 0 Å². The van der Waals surface area contributed by atoms with Crippen LogP contribution in [0.3, 0.4) is 0 Å². The summed E-state index contributed by atoms with van der Waals surface area (Å²) in [6.45, 7) is 2.16. The van der Waals surface area contributed by atoms with E-state index in [4.69, 9.17) is 0 Å². The van der Waals surface area contributed by atoms with Crippen molar-refractivity contribution in [3.8, 4) is 0 Å². The minimum Gasteiger partial charge on any atom is -0.388 e. The zero-order valence-corrected chi connectivity index (χ0v) is 9.45. The van der Waals surface area contributed by atoms with Crippen molar-refractivity contribution in [1.29, 1.82) is 0 Å². The molecule has 1 aliphatic rings. The predicted molar refractivity (Wildman–Crippen MR) is 62.7 cm³/mol. The van der Waals surface area contributed by atoms with Gasteiger partial charge in [-0.05, 0) is 36.3 Å². The van der Waals surface area contributed by atoms with Gasteiger partial charge in [-0.25, -0.2) is 0 Å². The Morgan fingerprint density at radius 3 is 2.33 bits per heavy atom. The maximum absolute atomic E-state index is 10.2. The summed E-state index contributed by atoms with van der Waals surface area (Å²) in [5.41, 5.74) is 2.44. The molecular weight excluding hydrogens is 184 g/mol. The average Bonchev–Trinajstić information content (AvgIpc) is 2.82. The summed E-state index contributed by atoms with van der Waals surface area (Å²) in [6.07, 6.45) is 5.79. The van der Waals surface area contributed by atoms with Crippen LogP contribution in [-0.2, 0) is 6.42 Å². The van der Waals surface area contributed by atoms with Gasteiger partial charge < -0.3 is 5.11 Å². The second-order valence-corrected chi connectivity index (χ2v) is 4.58. The van der Waals surface area contributed by atoms with Gasteiger partial charge in [0.2, 0.25) is 0 Å². The lowest BCUT2D eigenvalue weighted by molar-refractivity contribution is 0.111. The Morgan fingerprint density at radius 1 is 1.20 bits per heavy atom. The molecular formula is C14H20O. The van der Waals surface area contributed by atoms with Crippen molar-refractivity contribution in [3.63, 3.8) is 0 Å². The third kappa shape index (κ3) is 2.40. The standard InChI is InChI=1S/C14H20O/c1-2-11-7-9-13(10-8-11)14(15)12-5-3-4-6-12/h7-10,12,14-15H,2-6H2,1H3. The summed E-state index contributed by atoms with van der Waals surface area (Å²) < 4.78 is 0. The van der Waals surface area contributed by atoms with Crippen molar-refractivity contribution in [1.82, 2.24) is 0 Å². The first-order valence-corrected chi connectivity index (χ1v) is 6.08. The van der Waals surface area contributed by atoms with Gasteiger partial charge in [-0.15, -0.1) is 0 Å². The molecule has 0 amide bonds. The van der Waals surface area contributed by atoms with Crippen molar-refractivity contribution >= 4 is 0 Å². The molecule has 0 heterocycles. The summed E-state index contributed by atoms with van der Waals surface area (Å²) >= 11 is 0. The number of benzene rings is 1. The van der Waals surface area contributed by atoms with E-state index in [9.17, 15) is 5.11 Å². The second-order valence-electron chi connectivity index (χ2n) is 4.58. The van der Waals surface area contributed by atoms with E-state index in [1.807, 2.05) is 0 Å². The van der Waals surface area contributed by atoms with Crippen LogP contribution in [0.1, 0.15) is 49.8 Å². The maximum Gasteiger partial charge on any atom is 0.0818 e. The molecule has 1 aliphatic carbocycles. The van der Waals surface area contributed by atoms with Gasteiger partial charge in [0.15, 0.2) is 0 Å². The summed E-state index contributed by atoms with van der Waals surface area (Å²) in [5.74, 6) is 0.498. The van der Waals surface area contributed by atoms with E-state index in [1.165, 1.54) is 31.2 Å². The van der Waals surface area contributed by atoms with Crippen molar-refractivity contribution in [2.75, 3.05) is 0 Å². The summed E-state index contributed by atoms with van der Waals surface area (Å²) in [6, 6.07) is 8.44. The molecule has 0 aromatic heterocycles. The number of hydrogen-bond donors (Lipinski definition) is 1. The van der Waals surface area contributed by atoms with Crippen molar-refractivity contribution in [3.05, 3.63) is 35.4 Å². The van der Waals surface area contributed by atoms with E-state index in [2.05, 4.69) is 31.2 Å². The highest BCUT2D eigenvalue weighted by Gasteiger charge is 2.24. The number of aliphatic hydroxyl groups is 1. The predicted octanol–water partition coefficient (Wildman–Crippen LogP) is 3.47. The quantitative estimate of drug-likeness (QED) is 0.799. The van der Waals surface area contributed by atoms with Gasteiger partial charge in [0.25, 0.3) is 0 Å². The van der Waals surface area contributed by atoms with Crippen LogP contribution in [0.2, 0.25) is 0 Å². The molecule has 1 aromatic carbocycles. The van der Waals surface area contributed by atoms with Crippen LogP contribution >= 0.6 is 0 Å². The minimum atomic E-state index is -0.238. The van der Waals surface area contributed by atoms with Gasteiger partial charge in [-0.2, -0.15) is 0 Å². The lowest BCUT2D eigenvalue weighted by Crippen LogP contribution is -2.08. The van der Waals surface area contributed by atoms with E-state index in [1.54, 1.807) is 0 Å². The molecule has 1 aromatic rings. The summed E-state index contributed by atoms with van der Waals surface area (Å²) in [4.78, 5) is 0. The van der Waals surface area contributed by atoms with Crippen LogP contribution in [0.5, 0.6) is 0 Å². The van der Waals surface area contributed by atoms with E-state index < -0.39 is 0 Å². The Morgan fingerprint density at radius 2 is 1.80 bits per heavy atom. The monoisotopic (exact) mass is 204 g/mol. The van der Waals surface area contributed by atoms with Gasteiger partial charge in [0, 0.05) is 0 Å². The molecule has 0 aliphatic heterocycles.